The molecule has 0 aromatic heterocycles. The number of carbonyl (C=O) groups is 3. The largest absolute Gasteiger partial charge is 0.466 e. The van der Waals surface area contributed by atoms with Gasteiger partial charge in [-0.25, -0.2) is 13.1 Å². The summed E-state index contributed by atoms with van der Waals surface area (Å²) in [6, 6.07) is 5.43. The molecule has 1 aromatic carbocycles. The molecule has 1 heterocycles. The third-order valence-electron chi connectivity index (χ3n) is 4.90. The molecule has 0 spiro atoms. The van der Waals surface area contributed by atoms with Gasteiger partial charge in [-0.05, 0) is 51.8 Å². The predicted molar refractivity (Wildman–Crippen MR) is 115 cm³/mol. The average Bonchev–Trinajstić information content (AvgIpc) is 2.72. The zero-order valence-corrected chi connectivity index (χ0v) is 19.3. The van der Waals surface area contributed by atoms with Crippen molar-refractivity contribution in [1.82, 2.24) is 14.5 Å². The molecule has 1 aromatic rings. The van der Waals surface area contributed by atoms with Crippen LogP contribution in [0.4, 0.5) is 0 Å². The summed E-state index contributed by atoms with van der Waals surface area (Å²) in [5, 5.41) is 0. The van der Waals surface area contributed by atoms with Gasteiger partial charge >= 0.3 is 5.97 Å². The summed E-state index contributed by atoms with van der Waals surface area (Å²) < 4.78 is 32.3. The van der Waals surface area contributed by atoms with E-state index in [0.29, 0.717) is 26.0 Å². The van der Waals surface area contributed by atoms with Gasteiger partial charge in [-0.1, -0.05) is 6.07 Å². The van der Waals surface area contributed by atoms with E-state index in [1.165, 1.54) is 36.2 Å². The lowest BCUT2D eigenvalue weighted by Gasteiger charge is -2.32. The molecule has 1 aliphatic rings. The van der Waals surface area contributed by atoms with Crippen LogP contribution >= 0.6 is 0 Å². The number of hydrogen-bond donors (Lipinski definition) is 1. The highest BCUT2D eigenvalue weighted by molar-refractivity contribution is 7.89. The van der Waals surface area contributed by atoms with Crippen molar-refractivity contribution in [3.05, 3.63) is 29.8 Å². The van der Waals surface area contributed by atoms with Gasteiger partial charge in [0.1, 0.15) is 0 Å². The lowest BCUT2D eigenvalue weighted by atomic mass is 9.98. The van der Waals surface area contributed by atoms with Crippen LogP contribution in [-0.2, 0) is 24.3 Å². The van der Waals surface area contributed by atoms with Crippen LogP contribution in [0.5, 0.6) is 0 Å². The quantitative estimate of drug-likeness (QED) is 0.593. The zero-order chi connectivity index (χ0) is 23.2. The SMILES string of the molecule is CCOC(=O)C1CCCN(C(=O)CN(C)C(=O)c2cccc(S(=O)(=O)NC(C)C)c2)C1. The number of benzene rings is 1. The zero-order valence-electron chi connectivity index (χ0n) is 18.5. The molecule has 1 unspecified atom stereocenters. The summed E-state index contributed by atoms with van der Waals surface area (Å²) in [4.78, 5) is 40.3. The first-order chi connectivity index (χ1) is 14.5. The minimum atomic E-state index is -3.74. The normalized spacial score (nSPS) is 16.8. The van der Waals surface area contributed by atoms with Crippen molar-refractivity contribution in [1.29, 1.82) is 0 Å². The van der Waals surface area contributed by atoms with E-state index in [0.717, 1.165) is 0 Å². The van der Waals surface area contributed by atoms with E-state index in [1.807, 2.05) is 0 Å². The van der Waals surface area contributed by atoms with E-state index in [-0.39, 0.29) is 47.4 Å². The molecule has 1 aliphatic heterocycles. The highest BCUT2D eigenvalue weighted by Crippen LogP contribution is 2.19. The molecule has 1 saturated heterocycles. The standard InChI is InChI=1S/C21H31N3O6S/c1-5-30-21(27)17-9-7-11-24(13-17)19(25)14-23(4)20(26)16-8-6-10-18(12-16)31(28,29)22-15(2)3/h6,8,10,12,15,17,22H,5,7,9,11,13-14H2,1-4H3. The first kappa shape index (κ1) is 24.8. The Bertz CT molecular complexity index is 915. The molecule has 0 radical (unpaired) electrons. The number of sulfonamides is 1. The van der Waals surface area contributed by atoms with Gasteiger partial charge in [-0.15, -0.1) is 0 Å². The lowest BCUT2D eigenvalue weighted by molar-refractivity contribution is -0.151. The van der Waals surface area contributed by atoms with Gasteiger partial charge in [0.2, 0.25) is 15.9 Å². The van der Waals surface area contributed by atoms with E-state index < -0.39 is 15.9 Å². The predicted octanol–water partition coefficient (Wildman–Crippen LogP) is 1.25. The Balaban J connectivity index is 2.04. The number of likely N-dealkylation sites (tertiary alicyclic amines) is 1. The second-order valence-corrected chi connectivity index (χ2v) is 9.61. The van der Waals surface area contributed by atoms with Crippen molar-refractivity contribution in [2.75, 3.05) is 33.3 Å². The molecule has 31 heavy (non-hydrogen) atoms. The van der Waals surface area contributed by atoms with Crippen molar-refractivity contribution in [2.24, 2.45) is 5.92 Å². The minimum Gasteiger partial charge on any atom is -0.466 e. The molecule has 1 N–H and O–H groups in total. The van der Waals surface area contributed by atoms with Crippen LogP contribution in [0.3, 0.4) is 0 Å². The summed E-state index contributed by atoms with van der Waals surface area (Å²) in [6.45, 7) is 6.07. The number of piperidine rings is 1. The second-order valence-electron chi connectivity index (χ2n) is 7.90. The molecule has 1 fully saturated rings. The fourth-order valence-corrected chi connectivity index (χ4v) is 4.72. The van der Waals surface area contributed by atoms with Crippen LogP contribution in [0, 0.1) is 5.92 Å². The minimum absolute atomic E-state index is 0.0138. The van der Waals surface area contributed by atoms with Crippen LogP contribution in [0.2, 0.25) is 0 Å². The van der Waals surface area contributed by atoms with Gasteiger partial charge in [-0.2, -0.15) is 0 Å². The summed E-state index contributed by atoms with van der Waals surface area (Å²) in [5.74, 6) is -1.39. The number of amides is 2. The molecule has 9 nitrogen and oxygen atoms in total. The topological polar surface area (TPSA) is 113 Å². The van der Waals surface area contributed by atoms with Crippen molar-refractivity contribution in [3.8, 4) is 0 Å². The number of carbonyl (C=O) groups excluding carboxylic acids is 3. The number of esters is 1. The van der Waals surface area contributed by atoms with E-state index in [2.05, 4.69) is 4.72 Å². The summed E-state index contributed by atoms with van der Waals surface area (Å²) in [5.41, 5.74) is 0.171. The highest BCUT2D eigenvalue weighted by Gasteiger charge is 2.30. The molecule has 0 bridgehead atoms. The molecule has 0 aliphatic carbocycles. The molecule has 0 saturated carbocycles. The van der Waals surface area contributed by atoms with Crippen LogP contribution in [-0.4, -0.2) is 75.3 Å². The molecular weight excluding hydrogens is 422 g/mol. The Kier molecular flexibility index (Phi) is 8.58. The van der Waals surface area contributed by atoms with Crippen molar-refractivity contribution in [2.45, 2.75) is 44.6 Å². The van der Waals surface area contributed by atoms with Gasteiger partial charge in [-0.3, -0.25) is 14.4 Å². The number of nitrogens with zero attached hydrogens (tertiary/aromatic N) is 2. The Morgan fingerprint density at radius 2 is 2.00 bits per heavy atom. The van der Waals surface area contributed by atoms with Crippen molar-refractivity contribution < 1.29 is 27.5 Å². The lowest BCUT2D eigenvalue weighted by Crippen LogP contribution is -2.47. The highest BCUT2D eigenvalue weighted by atomic mass is 32.2. The average molecular weight is 454 g/mol. The fraction of sp³-hybridized carbons (Fsp3) is 0.571. The van der Waals surface area contributed by atoms with Crippen LogP contribution in [0.1, 0.15) is 44.0 Å². The third-order valence-corrected chi connectivity index (χ3v) is 6.55. The number of ether oxygens (including phenoxy) is 1. The molecule has 2 rings (SSSR count). The molecule has 1 atom stereocenters. The number of hydrogen-bond acceptors (Lipinski definition) is 6. The van der Waals surface area contributed by atoms with E-state index in [9.17, 15) is 22.8 Å². The van der Waals surface area contributed by atoms with Gasteiger partial charge in [0.25, 0.3) is 5.91 Å². The summed E-state index contributed by atoms with van der Waals surface area (Å²) in [6.07, 6.45) is 1.36. The first-order valence-electron chi connectivity index (χ1n) is 10.4. The van der Waals surface area contributed by atoms with E-state index in [4.69, 9.17) is 4.74 Å². The first-order valence-corrected chi connectivity index (χ1v) is 11.9. The maximum absolute atomic E-state index is 12.8. The van der Waals surface area contributed by atoms with Gasteiger partial charge < -0.3 is 14.5 Å². The second kappa shape index (κ2) is 10.7. The van der Waals surface area contributed by atoms with E-state index in [1.54, 1.807) is 25.7 Å². The Hall–Kier alpha value is -2.46. The number of nitrogens with one attached hydrogen (secondary N) is 1. The number of likely N-dealkylation sites (N-methyl/N-ethyl adjacent to an activating group) is 1. The monoisotopic (exact) mass is 453 g/mol. The fourth-order valence-electron chi connectivity index (χ4n) is 3.43. The Morgan fingerprint density at radius 3 is 2.65 bits per heavy atom. The van der Waals surface area contributed by atoms with Gasteiger partial charge in [0.05, 0.1) is 24.0 Å². The van der Waals surface area contributed by atoms with Crippen molar-refractivity contribution in [3.63, 3.8) is 0 Å². The van der Waals surface area contributed by atoms with Crippen molar-refractivity contribution >= 4 is 27.8 Å². The Morgan fingerprint density at radius 1 is 1.29 bits per heavy atom. The number of rotatable bonds is 8. The van der Waals surface area contributed by atoms with Gasteiger partial charge in [0, 0.05) is 31.7 Å². The third kappa shape index (κ3) is 6.76. The smallest absolute Gasteiger partial charge is 0.310 e. The molecular formula is C21H31N3O6S. The molecule has 2 amide bonds. The van der Waals surface area contributed by atoms with Crippen LogP contribution < -0.4 is 4.72 Å². The van der Waals surface area contributed by atoms with Crippen LogP contribution in [0.15, 0.2) is 29.2 Å². The summed E-state index contributed by atoms with van der Waals surface area (Å²) >= 11 is 0. The Labute approximate surface area is 183 Å². The van der Waals surface area contributed by atoms with E-state index >= 15 is 0 Å². The molecule has 10 heteroatoms. The summed E-state index contributed by atoms with van der Waals surface area (Å²) in [7, 11) is -2.25. The maximum atomic E-state index is 12.8. The maximum Gasteiger partial charge on any atom is 0.310 e. The molecule has 172 valence electrons. The van der Waals surface area contributed by atoms with Gasteiger partial charge in [0.15, 0.2) is 0 Å². The van der Waals surface area contributed by atoms with Crippen LogP contribution in [0.25, 0.3) is 0 Å².